The molecule has 0 aromatic heterocycles. The van der Waals surface area contributed by atoms with Crippen LogP contribution in [-0.4, -0.2) is 6.04 Å². The number of nitrogens with two attached hydrogens (primary N) is 1. The lowest BCUT2D eigenvalue weighted by Crippen LogP contribution is -2.06. The van der Waals surface area contributed by atoms with E-state index in [1.54, 1.807) is 0 Å². The van der Waals surface area contributed by atoms with Crippen molar-refractivity contribution >= 4 is 34.0 Å². The molecule has 1 aromatic carbocycles. The summed E-state index contributed by atoms with van der Waals surface area (Å²) in [6.07, 6.45) is 1.27. The van der Waals surface area contributed by atoms with Gasteiger partial charge in [-0.25, -0.2) is 0 Å². The van der Waals surface area contributed by atoms with Gasteiger partial charge in [-0.2, -0.15) is 0 Å². The van der Waals surface area contributed by atoms with Crippen LogP contribution in [0, 0.1) is 9.49 Å². The fourth-order valence-corrected chi connectivity index (χ4v) is 1.87. The molecule has 3 heteroatoms. The van der Waals surface area contributed by atoms with Crippen LogP contribution >= 0.6 is 22.6 Å². The van der Waals surface area contributed by atoms with E-state index in [1.165, 1.54) is 9.99 Å². The first kappa shape index (κ1) is 9.12. The highest BCUT2D eigenvalue weighted by Crippen LogP contribution is 2.34. The lowest BCUT2D eigenvalue weighted by molar-refractivity contribution is 0.929. The van der Waals surface area contributed by atoms with Gasteiger partial charge in [-0.05, 0) is 53.1 Å². The standard InChI is InChI=1S/C10H13IN2/c1-6-4-9(6)13-10-5-7(11)2-3-8(10)12/h2-3,5-6,9,13H,4,12H2,1H3/t6?,9-/m0/s1. The predicted molar refractivity (Wildman–Crippen MR) is 64.8 cm³/mol. The number of hydrogen-bond acceptors (Lipinski definition) is 2. The zero-order chi connectivity index (χ0) is 9.42. The second kappa shape index (κ2) is 3.36. The van der Waals surface area contributed by atoms with Gasteiger partial charge in [0.15, 0.2) is 0 Å². The molecule has 1 aromatic rings. The molecule has 0 aliphatic heterocycles. The summed E-state index contributed by atoms with van der Waals surface area (Å²) in [7, 11) is 0. The lowest BCUT2D eigenvalue weighted by Gasteiger charge is -2.08. The van der Waals surface area contributed by atoms with E-state index >= 15 is 0 Å². The summed E-state index contributed by atoms with van der Waals surface area (Å²) in [6, 6.07) is 6.72. The SMILES string of the molecule is CC1C[C@@H]1Nc1cc(I)ccc1N. The highest BCUT2D eigenvalue weighted by atomic mass is 127. The number of halogens is 1. The Morgan fingerprint density at radius 1 is 1.54 bits per heavy atom. The first-order valence-corrected chi connectivity index (χ1v) is 5.56. The van der Waals surface area contributed by atoms with E-state index in [0.717, 1.165) is 17.3 Å². The first-order chi connectivity index (χ1) is 6.16. The number of rotatable bonds is 2. The van der Waals surface area contributed by atoms with Gasteiger partial charge in [0.05, 0.1) is 11.4 Å². The summed E-state index contributed by atoms with van der Waals surface area (Å²) < 4.78 is 1.22. The maximum atomic E-state index is 5.85. The van der Waals surface area contributed by atoms with Crippen molar-refractivity contribution in [3.63, 3.8) is 0 Å². The van der Waals surface area contributed by atoms with Gasteiger partial charge >= 0.3 is 0 Å². The van der Waals surface area contributed by atoms with Gasteiger partial charge in [0.2, 0.25) is 0 Å². The zero-order valence-corrected chi connectivity index (χ0v) is 9.71. The predicted octanol–water partition coefficient (Wildman–Crippen LogP) is 2.69. The molecular formula is C10H13IN2. The van der Waals surface area contributed by atoms with E-state index in [2.05, 4.69) is 40.9 Å². The highest BCUT2D eigenvalue weighted by Gasteiger charge is 2.32. The number of nitrogen functional groups attached to an aromatic ring is 1. The molecule has 1 aliphatic carbocycles. The second-order valence-electron chi connectivity index (χ2n) is 3.70. The summed E-state index contributed by atoms with van der Waals surface area (Å²) in [4.78, 5) is 0. The molecule has 0 heterocycles. The van der Waals surface area contributed by atoms with Crippen molar-refractivity contribution in [3.8, 4) is 0 Å². The van der Waals surface area contributed by atoms with Crippen molar-refractivity contribution in [1.82, 2.24) is 0 Å². The van der Waals surface area contributed by atoms with Crippen LogP contribution in [0.25, 0.3) is 0 Å². The quantitative estimate of drug-likeness (QED) is 0.648. The maximum absolute atomic E-state index is 5.85. The minimum Gasteiger partial charge on any atom is -0.397 e. The van der Waals surface area contributed by atoms with Crippen molar-refractivity contribution < 1.29 is 0 Å². The van der Waals surface area contributed by atoms with Crippen LogP contribution in [0.15, 0.2) is 18.2 Å². The Morgan fingerprint density at radius 3 is 2.85 bits per heavy atom. The molecule has 2 rings (SSSR count). The third kappa shape index (κ3) is 2.07. The Balaban J connectivity index is 2.14. The Labute approximate surface area is 92.0 Å². The van der Waals surface area contributed by atoms with Crippen molar-refractivity contribution in [1.29, 1.82) is 0 Å². The number of hydrogen-bond donors (Lipinski definition) is 2. The molecule has 3 N–H and O–H groups in total. The number of anilines is 2. The molecule has 0 amide bonds. The minimum atomic E-state index is 0.639. The molecule has 0 spiro atoms. The molecule has 0 radical (unpaired) electrons. The van der Waals surface area contributed by atoms with Crippen LogP contribution in [0.1, 0.15) is 13.3 Å². The fraction of sp³-hybridized carbons (Fsp3) is 0.400. The van der Waals surface area contributed by atoms with E-state index in [9.17, 15) is 0 Å². The van der Waals surface area contributed by atoms with Crippen LogP contribution in [0.5, 0.6) is 0 Å². The smallest absolute Gasteiger partial charge is 0.0586 e. The summed E-state index contributed by atoms with van der Waals surface area (Å²) in [5.41, 5.74) is 7.78. The van der Waals surface area contributed by atoms with E-state index < -0.39 is 0 Å². The molecule has 1 aliphatic rings. The monoisotopic (exact) mass is 288 g/mol. The average Bonchev–Trinajstić information content (AvgIpc) is 2.75. The topological polar surface area (TPSA) is 38.0 Å². The molecule has 1 fully saturated rings. The highest BCUT2D eigenvalue weighted by molar-refractivity contribution is 14.1. The third-order valence-corrected chi connectivity index (χ3v) is 3.14. The van der Waals surface area contributed by atoms with Crippen LogP contribution < -0.4 is 11.1 Å². The van der Waals surface area contributed by atoms with Gasteiger partial charge < -0.3 is 11.1 Å². The van der Waals surface area contributed by atoms with Gasteiger partial charge in [0, 0.05) is 9.61 Å². The Hall–Kier alpha value is -0.450. The molecule has 1 saturated carbocycles. The van der Waals surface area contributed by atoms with E-state index in [4.69, 9.17) is 5.73 Å². The van der Waals surface area contributed by atoms with Crippen molar-refractivity contribution in [2.75, 3.05) is 11.1 Å². The van der Waals surface area contributed by atoms with Crippen LogP contribution in [-0.2, 0) is 0 Å². The van der Waals surface area contributed by atoms with Gasteiger partial charge in [0.25, 0.3) is 0 Å². The van der Waals surface area contributed by atoms with Crippen molar-refractivity contribution in [2.24, 2.45) is 5.92 Å². The molecule has 1 unspecified atom stereocenters. The molecule has 0 bridgehead atoms. The summed E-state index contributed by atoms with van der Waals surface area (Å²) >= 11 is 2.30. The van der Waals surface area contributed by atoms with Gasteiger partial charge in [0.1, 0.15) is 0 Å². The zero-order valence-electron chi connectivity index (χ0n) is 7.55. The largest absolute Gasteiger partial charge is 0.397 e. The molecule has 2 atom stereocenters. The molecule has 2 nitrogen and oxygen atoms in total. The van der Waals surface area contributed by atoms with E-state index in [1.807, 2.05) is 12.1 Å². The van der Waals surface area contributed by atoms with E-state index in [-0.39, 0.29) is 0 Å². The summed E-state index contributed by atoms with van der Waals surface area (Å²) in [5.74, 6) is 0.803. The molecular weight excluding hydrogens is 275 g/mol. The molecule has 0 saturated heterocycles. The van der Waals surface area contributed by atoms with Gasteiger partial charge in [-0.1, -0.05) is 6.92 Å². The van der Waals surface area contributed by atoms with Crippen LogP contribution in [0.3, 0.4) is 0 Å². The third-order valence-electron chi connectivity index (χ3n) is 2.47. The second-order valence-corrected chi connectivity index (χ2v) is 4.94. The Morgan fingerprint density at radius 2 is 2.23 bits per heavy atom. The fourth-order valence-electron chi connectivity index (χ4n) is 1.38. The van der Waals surface area contributed by atoms with Gasteiger partial charge in [-0.15, -0.1) is 0 Å². The number of benzene rings is 1. The van der Waals surface area contributed by atoms with E-state index in [0.29, 0.717) is 6.04 Å². The first-order valence-electron chi connectivity index (χ1n) is 4.48. The van der Waals surface area contributed by atoms with Crippen LogP contribution in [0.2, 0.25) is 0 Å². The summed E-state index contributed by atoms with van der Waals surface area (Å²) in [5, 5.41) is 3.44. The normalized spacial score (nSPS) is 25.7. The maximum Gasteiger partial charge on any atom is 0.0586 e. The minimum absolute atomic E-state index is 0.639. The Kier molecular flexibility index (Phi) is 2.36. The summed E-state index contributed by atoms with van der Waals surface area (Å²) in [6.45, 7) is 2.25. The number of nitrogens with one attached hydrogen (secondary N) is 1. The van der Waals surface area contributed by atoms with Gasteiger partial charge in [-0.3, -0.25) is 0 Å². The average molecular weight is 288 g/mol. The molecule has 70 valence electrons. The van der Waals surface area contributed by atoms with Crippen molar-refractivity contribution in [2.45, 2.75) is 19.4 Å². The van der Waals surface area contributed by atoms with Crippen molar-refractivity contribution in [3.05, 3.63) is 21.8 Å². The van der Waals surface area contributed by atoms with Crippen LogP contribution in [0.4, 0.5) is 11.4 Å². The lowest BCUT2D eigenvalue weighted by atomic mass is 10.2. The Bertz CT molecular complexity index is 325. The molecule has 13 heavy (non-hydrogen) atoms.